The first-order valence-corrected chi connectivity index (χ1v) is 20.4. The Labute approximate surface area is 179 Å². The third-order valence-corrected chi connectivity index (χ3v) is 11.1. The van der Waals surface area contributed by atoms with Crippen LogP contribution < -0.4 is 13.1 Å². The molecule has 0 saturated carbocycles. The maximum atomic E-state index is 6.46. The fraction of sp³-hybridized carbons (Fsp3) is 0.440. The van der Waals surface area contributed by atoms with Crippen molar-refractivity contribution in [2.45, 2.75) is 54.0 Å². The summed E-state index contributed by atoms with van der Waals surface area (Å²) in [5, 5.41) is 2.42. The van der Waals surface area contributed by atoms with Crippen LogP contribution in [0.3, 0.4) is 0 Å². The van der Waals surface area contributed by atoms with E-state index in [0.717, 1.165) is 29.9 Å². The van der Waals surface area contributed by atoms with E-state index in [2.05, 4.69) is 78.1 Å². The van der Waals surface area contributed by atoms with Crippen molar-refractivity contribution in [1.29, 1.82) is 0 Å². The number of hydrogen-bond acceptors (Lipinski definition) is 3. The molecule has 0 spiro atoms. The van der Waals surface area contributed by atoms with Crippen molar-refractivity contribution in [1.82, 2.24) is 0 Å². The molecule has 1 aliphatic rings. The molecule has 29 heavy (non-hydrogen) atoms. The minimum atomic E-state index is -2.35. The van der Waals surface area contributed by atoms with E-state index >= 15 is 0 Å². The Kier molecular flexibility index (Phi) is 6.69. The number of benzene rings is 2. The molecule has 0 N–H and O–H groups in total. The standard InChI is InChI=1S/C22H25O3.3CH3.Sn/c1-16(2)6-5-12-22(3)13-11-19-20-14-18(24-15-23-4)9-7-17(20)8-10-21(19)25-22;;;;/h6-8,10-11,13-14H,5,12,15H2,1-4H3;3*1H3;/t22-;;;;/m1..../s1. The van der Waals surface area contributed by atoms with Gasteiger partial charge in [0, 0.05) is 0 Å². The molecule has 3 nitrogen and oxygen atoms in total. The molecule has 2 aromatic carbocycles. The molecule has 3 rings (SSSR count). The summed E-state index contributed by atoms with van der Waals surface area (Å²) in [7, 11) is 1.66. The van der Waals surface area contributed by atoms with Gasteiger partial charge in [-0.1, -0.05) is 0 Å². The van der Waals surface area contributed by atoms with Crippen LogP contribution in [-0.4, -0.2) is 37.9 Å². The van der Waals surface area contributed by atoms with Crippen LogP contribution in [0.25, 0.3) is 16.8 Å². The molecule has 0 radical (unpaired) electrons. The number of ether oxygens (including phenoxy) is 3. The summed E-state index contributed by atoms with van der Waals surface area (Å²) in [5.74, 6) is 1.91. The quantitative estimate of drug-likeness (QED) is 0.254. The van der Waals surface area contributed by atoms with E-state index in [1.54, 1.807) is 7.11 Å². The van der Waals surface area contributed by atoms with E-state index in [9.17, 15) is 0 Å². The van der Waals surface area contributed by atoms with E-state index in [4.69, 9.17) is 14.2 Å². The zero-order chi connectivity index (χ0) is 21.2. The van der Waals surface area contributed by atoms with Crippen LogP contribution in [0.2, 0.25) is 14.8 Å². The zero-order valence-electron chi connectivity index (χ0n) is 18.9. The number of hydrogen-bond donors (Lipinski definition) is 0. The topological polar surface area (TPSA) is 27.7 Å². The molecule has 0 amide bonds. The second-order valence-electron chi connectivity index (χ2n) is 9.42. The van der Waals surface area contributed by atoms with Crippen molar-refractivity contribution in [3.8, 4) is 11.5 Å². The second-order valence-corrected chi connectivity index (χ2v) is 23.8. The minimum absolute atomic E-state index is 0.268. The van der Waals surface area contributed by atoms with E-state index in [1.165, 1.54) is 19.9 Å². The predicted molar refractivity (Wildman–Crippen MR) is 126 cm³/mol. The fourth-order valence-corrected chi connectivity index (χ4v) is 7.97. The van der Waals surface area contributed by atoms with Crippen molar-refractivity contribution >= 4 is 38.8 Å². The predicted octanol–water partition coefficient (Wildman–Crippen LogP) is 6.28. The monoisotopic (exact) mass is 502 g/mol. The van der Waals surface area contributed by atoms with E-state index in [1.807, 2.05) is 0 Å². The first kappa shape index (κ1) is 22.2. The molecule has 1 atom stereocenters. The molecule has 0 fully saturated rings. The van der Waals surface area contributed by atoms with Gasteiger partial charge in [-0.2, -0.15) is 0 Å². The molecule has 0 aliphatic carbocycles. The van der Waals surface area contributed by atoms with Gasteiger partial charge in [0.25, 0.3) is 0 Å². The van der Waals surface area contributed by atoms with Crippen LogP contribution in [0, 0.1) is 0 Å². The zero-order valence-corrected chi connectivity index (χ0v) is 21.7. The average Bonchev–Trinajstić information content (AvgIpc) is 2.64. The molecule has 0 bridgehead atoms. The SMILES string of the molecule is COCOc1cc2c3c(ccc2c[c]1[Sn]([CH3])([CH3])[CH3])O[C@](C)(CCC=C(C)C)C=C3. The summed E-state index contributed by atoms with van der Waals surface area (Å²) in [4.78, 5) is 7.23. The van der Waals surface area contributed by atoms with Crippen molar-refractivity contribution in [2.75, 3.05) is 13.9 Å². The Balaban J connectivity index is 2.02. The molecular formula is C25H34O3Sn. The maximum absolute atomic E-state index is 6.46. The molecule has 1 aliphatic heterocycles. The van der Waals surface area contributed by atoms with Crippen LogP contribution in [0.4, 0.5) is 0 Å². The Bertz CT molecular complexity index is 949. The number of rotatable bonds is 7. The average molecular weight is 501 g/mol. The summed E-state index contributed by atoms with van der Waals surface area (Å²) in [6, 6.07) is 8.82. The third-order valence-electron chi connectivity index (χ3n) is 5.40. The van der Waals surface area contributed by atoms with Gasteiger partial charge in [-0.05, 0) is 13.8 Å². The van der Waals surface area contributed by atoms with E-state index in [0.29, 0.717) is 0 Å². The summed E-state index contributed by atoms with van der Waals surface area (Å²) in [6.07, 6.45) is 8.69. The van der Waals surface area contributed by atoms with Gasteiger partial charge >= 0.3 is 166 Å². The molecular weight excluding hydrogens is 467 g/mol. The Hall–Kier alpha value is -1.46. The van der Waals surface area contributed by atoms with E-state index in [-0.39, 0.29) is 12.4 Å². The summed E-state index contributed by atoms with van der Waals surface area (Å²) < 4.78 is 19.0. The van der Waals surface area contributed by atoms with Crippen LogP contribution in [0.5, 0.6) is 11.5 Å². The number of methoxy groups -OCH3 is 1. The first-order valence-electron chi connectivity index (χ1n) is 10.4. The molecule has 2 aromatic rings. The van der Waals surface area contributed by atoms with Crippen LogP contribution in [0.1, 0.15) is 39.2 Å². The molecule has 1 heterocycles. The Morgan fingerprint density at radius 1 is 1.17 bits per heavy atom. The van der Waals surface area contributed by atoms with Gasteiger partial charge < -0.3 is 0 Å². The summed E-state index contributed by atoms with van der Waals surface area (Å²) in [6.45, 7) is 6.71. The van der Waals surface area contributed by atoms with Crippen LogP contribution in [-0.2, 0) is 4.74 Å². The number of allylic oxidation sites excluding steroid dienone is 2. The van der Waals surface area contributed by atoms with Gasteiger partial charge in [-0.25, -0.2) is 0 Å². The van der Waals surface area contributed by atoms with Crippen molar-refractivity contribution in [2.24, 2.45) is 0 Å². The van der Waals surface area contributed by atoms with Gasteiger partial charge in [-0.3, -0.25) is 0 Å². The molecule has 4 heteroatoms. The summed E-state index contributed by atoms with van der Waals surface area (Å²) in [5.41, 5.74) is 2.22. The van der Waals surface area contributed by atoms with E-state index < -0.39 is 18.4 Å². The van der Waals surface area contributed by atoms with Crippen LogP contribution >= 0.6 is 0 Å². The fourth-order valence-electron chi connectivity index (χ4n) is 3.77. The van der Waals surface area contributed by atoms with Crippen molar-refractivity contribution in [3.63, 3.8) is 0 Å². The van der Waals surface area contributed by atoms with Gasteiger partial charge in [0.15, 0.2) is 0 Å². The first-order chi connectivity index (χ1) is 13.6. The third kappa shape index (κ3) is 5.18. The van der Waals surface area contributed by atoms with Crippen molar-refractivity contribution < 1.29 is 14.2 Å². The van der Waals surface area contributed by atoms with Crippen molar-refractivity contribution in [3.05, 3.63) is 47.6 Å². The Morgan fingerprint density at radius 2 is 1.93 bits per heavy atom. The molecule has 0 aromatic heterocycles. The van der Waals surface area contributed by atoms with Gasteiger partial charge in [0.2, 0.25) is 0 Å². The second kappa shape index (κ2) is 8.73. The van der Waals surface area contributed by atoms with Crippen LogP contribution in [0.15, 0.2) is 42.0 Å². The number of fused-ring (bicyclic) bond motifs is 3. The molecule has 0 unspecified atom stereocenters. The van der Waals surface area contributed by atoms with Gasteiger partial charge in [0.05, 0.1) is 0 Å². The normalized spacial score (nSPS) is 18.3. The van der Waals surface area contributed by atoms with Gasteiger partial charge in [0.1, 0.15) is 0 Å². The summed E-state index contributed by atoms with van der Waals surface area (Å²) >= 11 is -2.35. The molecule has 156 valence electrons. The Morgan fingerprint density at radius 3 is 2.59 bits per heavy atom. The van der Waals surface area contributed by atoms with Gasteiger partial charge in [-0.15, -0.1) is 0 Å². The molecule has 0 saturated heterocycles.